The summed E-state index contributed by atoms with van der Waals surface area (Å²) in [4.78, 5) is 17.3. The minimum Gasteiger partial charge on any atom is -0.373 e. The predicted octanol–water partition coefficient (Wildman–Crippen LogP) is 1.68. The Morgan fingerprint density at radius 3 is 3.21 bits per heavy atom. The molecule has 1 aliphatic rings. The van der Waals surface area contributed by atoms with Crippen molar-refractivity contribution in [3.05, 3.63) is 11.1 Å². The summed E-state index contributed by atoms with van der Waals surface area (Å²) in [6.45, 7) is 1.61. The largest absolute Gasteiger partial charge is 0.373 e. The molecule has 0 bridgehead atoms. The number of alkyl halides is 2. The summed E-state index contributed by atoms with van der Waals surface area (Å²) in [6.07, 6.45) is 0. The van der Waals surface area contributed by atoms with E-state index >= 15 is 0 Å². The third-order valence-corrected chi connectivity index (χ3v) is 3.38. The number of anilines is 1. The number of ether oxygens (including phenoxy) is 1. The minimum absolute atomic E-state index is 0.117. The highest BCUT2D eigenvalue weighted by atomic mass is 32.1. The third kappa shape index (κ3) is 3.60. The molecule has 1 aliphatic heterocycles. The number of hydrogen-bond donors (Lipinski definition) is 1. The fraction of sp³-hybridized carbons (Fsp3) is 0.636. The Balaban J connectivity index is 2.08. The van der Waals surface area contributed by atoms with E-state index in [1.165, 1.54) is 11.3 Å². The van der Waals surface area contributed by atoms with Crippen LogP contribution in [0.5, 0.6) is 0 Å². The highest BCUT2D eigenvalue weighted by molar-refractivity contribution is 7.13. The maximum Gasteiger partial charge on any atom is 0.288 e. The molecule has 1 N–H and O–H groups in total. The van der Waals surface area contributed by atoms with Gasteiger partial charge in [-0.15, -0.1) is 11.3 Å². The van der Waals surface area contributed by atoms with E-state index in [0.29, 0.717) is 11.7 Å². The smallest absolute Gasteiger partial charge is 0.288 e. The Hall–Kier alpha value is -1.28. The van der Waals surface area contributed by atoms with Crippen molar-refractivity contribution in [2.45, 2.75) is 12.8 Å². The Morgan fingerprint density at radius 1 is 1.68 bits per heavy atom. The summed E-state index contributed by atoms with van der Waals surface area (Å²) in [5.41, 5.74) is 0.193. The summed E-state index contributed by atoms with van der Waals surface area (Å²) >= 11 is 1.28. The molecule has 5 nitrogen and oxygen atoms in total. The molecule has 1 saturated heterocycles. The Kier molecular flexibility index (Phi) is 4.31. The molecule has 0 spiro atoms. The summed E-state index contributed by atoms with van der Waals surface area (Å²) < 4.78 is 31.5. The number of amides is 1. The molecule has 0 saturated carbocycles. The van der Waals surface area contributed by atoms with Gasteiger partial charge in [-0.1, -0.05) is 0 Å². The van der Waals surface area contributed by atoms with Crippen LogP contribution in [-0.4, -0.2) is 54.6 Å². The molecular formula is C11H15F2N3O2S. The monoisotopic (exact) mass is 291 g/mol. The van der Waals surface area contributed by atoms with Crippen LogP contribution in [0.25, 0.3) is 0 Å². The van der Waals surface area contributed by atoms with Gasteiger partial charge in [0.1, 0.15) is 12.3 Å². The van der Waals surface area contributed by atoms with Gasteiger partial charge in [-0.2, -0.15) is 0 Å². The Bertz CT molecular complexity index is 453. The fourth-order valence-electron chi connectivity index (χ4n) is 1.74. The molecule has 1 amide bonds. The van der Waals surface area contributed by atoms with Crippen LogP contribution in [0, 0.1) is 0 Å². The number of nitrogens with one attached hydrogen (secondary N) is 1. The van der Waals surface area contributed by atoms with Crippen LogP contribution in [0.15, 0.2) is 5.38 Å². The summed E-state index contributed by atoms with van der Waals surface area (Å²) in [7, 11) is 0. The second-order valence-electron chi connectivity index (χ2n) is 4.20. The molecule has 0 aliphatic carbocycles. The van der Waals surface area contributed by atoms with Crippen LogP contribution in [-0.2, 0) is 4.74 Å². The van der Waals surface area contributed by atoms with Crippen LogP contribution in [0.3, 0.4) is 0 Å². The number of thiazole rings is 1. The topological polar surface area (TPSA) is 54.5 Å². The molecule has 1 aromatic rings. The van der Waals surface area contributed by atoms with E-state index in [0.717, 1.165) is 4.90 Å². The molecular weight excluding hydrogens is 276 g/mol. The van der Waals surface area contributed by atoms with Gasteiger partial charge >= 0.3 is 0 Å². The number of halogens is 2. The molecule has 0 unspecified atom stereocenters. The van der Waals surface area contributed by atoms with Gasteiger partial charge in [0.15, 0.2) is 5.13 Å². The number of aromatic nitrogens is 1. The minimum atomic E-state index is -3.01. The maximum atomic E-state index is 13.4. The van der Waals surface area contributed by atoms with E-state index in [4.69, 9.17) is 4.74 Å². The molecule has 19 heavy (non-hydrogen) atoms. The van der Waals surface area contributed by atoms with E-state index < -0.39 is 25.0 Å². The van der Waals surface area contributed by atoms with Crippen molar-refractivity contribution in [3.63, 3.8) is 0 Å². The lowest BCUT2D eigenvalue weighted by molar-refractivity contribution is -0.0661. The first-order valence-electron chi connectivity index (χ1n) is 5.96. The second-order valence-corrected chi connectivity index (χ2v) is 5.06. The van der Waals surface area contributed by atoms with Crippen molar-refractivity contribution in [2.24, 2.45) is 0 Å². The van der Waals surface area contributed by atoms with E-state index in [9.17, 15) is 13.6 Å². The molecule has 8 heteroatoms. The maximum absolute atomic E-state index is 13.4. The van der Waals surface area contributed by atoms with Gasteiger partial charge in [0.05, 0.1) is 13.2 Å². The average Bonchev–Trinajstić information content (AvgIpc) is 2.73. The Morgan fingerprint density at radius 2 is 2.47 bits per heavy atom. The fourth-order valence-corrected chi connectivity index (χ4v) is 2.50. The number of hydrogen-bond acceptors (Lipinski definition) is 5. The van der Waals surface area contributed by atoms with Gasteiger partial charge in [0.2, 0.25) is 0 Å². The SMILES string of the molecule is CCNc1nc(C(=O)N2CCOCC(F)(F)C2)cs1. The van der Waals surface area contributed by atoms with Crippen LogP contribution in [0.2, 0.25) is 0 Å². The summed E-state index contributed by atoms with van der Waals surface area (Å²) in [5.74, 6) is -3.49. The predicted molar refractivity (Wildman–Crippen MR) is 67.9 cm³/mol. The van der Waals surface area contributed by atoms with Gasteiger partial charge in [-0.3, -0.25) is 4.79 Å². The first-order valence-corrected chi connectivity index (χ1v) is 6.84. The molecule has 0 atom stereocenters. The second kappa shape index (κ2) is 5.79. The molecule has 2 heterocycles. The van der Waals surface area contributed by atoms with Gasteiger partial charge in [0, 0.05) is 18.5 Å². The lowest BCUT2D eigenvalue weighted by atomic mass is 10.3. The lowest BCUT2D eigenvalue weighted by Crippen LogP contribution is -2.41. The zero-order valence-corrected chi connectivity index (χ0v) is 11.3. The molecule has 0 radical (unpaired) electrons. The van der Waals surface area contributed by atoms with Gasteiger partial charge in [-0.25, -0.2) is 13.8 Å². The number of carbonyl (C=O) groups is 1. The van der Waals surface area contributed by atoms with Gasteiger partial charge in [0.25, 0.3) is 11.8 Å². The van der Waals surface area contributed by atoms with Crippen molar-refractivity contribution in [1.82, 2.24) is 9.88 Å². The highest BCUT2D eigenvalue weighted by Crippen LogP contribution is 2.21. The first kappa shape index (κ1) is 14.1. The number of carbonyl (C=O) groups excluding carboxylic acids is 1. The average molecular weight is 291 g/mol. The zero-order valence-electron chi connectivity index (χ0n) is 10.5. The lowest BCUT2D eigenvalue weighted by Gasteiger charge is -2.22. The van der Waals surface area contributed by atoms with Crippen molar-refractivity contribution in [2.75, 3.05) is 38.2 Å². The van der Waals surface area contributed by atoms with Crippen molar-refractivity contribution in [1.29, 1.82) is 0 Å². The van der Waals surface area contributed by atoms with Crippen LogP contribution in [0.4, 0.5) is 13.9 Å². The van der Waals surface area contributed by atoms with E-state index in [1.54, 1.807) is 5.38 Å². The van der Waals surface area contributed by atoms with E-state index in [1.807, 2.05) is 6.92 Å². The quantitative estimate of drug-likeness (QED) is 0.920. The van der Waals surface area contributed by atoms with Crippen molar-refractivity contribution < 1.29 is 18.3 Å². The summed E-state index contributed by atoms with van der Waals surface area (Å²) in [6, 6.07) is 0. The Labute approximate surface area is 113 Å². The number of rotatable bonds is 3. The van der Waals surface area contributed by atoms with Crippen LogP contribution >= 0.6 is 11.3 Å². The van der Waals surface area contributed by atoms with Crippen molar-refractivity contribution in [3.8, 4) is 0 Å². The molecule has 106 valence electrons. The zero-order chi connectivity index (χ0) is 13.9. The molecule has 2 rings (SSSR count). The van der Waals surface area contributed by atoms with E-state index in [-0.39, 0.29) is 18.8 Å². The van der Waals surface area contributed by atoms with Gasteiger partial charge in [-0.05, 0) is 6.92 Å². The first-order chi connectivity index (χ1) is 9.02. The van der Waals surface area contributed by atoms with Crippen molar-refractivity contribution >= 4 is 22.4 Å². The standard InChI is InChI=1S/C11H15F2N3O2S/c1-2-14-10-15-8(5-19-10)9(17)16-3-4-18-7-11(12,13)6-16/h5H,2-4,6-7H2,1H3,(H,14,15). The molecule has 1 aromatic heterocycles. The summed E-state index contributed by atoms with van der Waals surface area (Å²) in [5, 5.41) is 5.17. The molecule has 0 aromatic carbocycles. The highest BCUT2D eigenvalue weighted by Gasteiger charge is 2.36. The number of nitrogens with zero attached hydrogens (tertiary/aromatic N) is 2. The van der Waals surface area contributed by atoms with Crippen LogP contribution < -0.4 is 5.32 Å². The van der Waals surface area contributed by atoms with E-state index in [2.05, 4.69) is 10.3 Å². The van der Waals surface area contributed by atoms with Crippen LogP contribution in [0.1, 0.15) is 17.4 Å². The normalized spacial score (nSPS) is 19.0. The van der Waals surface area contributed by atoms with Gasteiger partial charge < -0.3 is 15.0 Å². The molecule has 1 fully saturated rings. The third-order valence-electron chi connectivity index (χ3n) is 2.58.